The Hall–Kier alpha value is -3.02. The Balaban J connectivity index is 1.64. The fraction of sp³-hybridized carbons (Fsp3) is 0.222. The third-order valence-corrected chi connectivity index (χ3v) is 3.74. The lowest BCUT2D eigenvalue weighted by Crippen LogP contribution is -2.28. The first-order valence-electron chi connectivity index (χ1n) is 7.68. The molecule has 1 amide bonds. The zero-order chi connectivity index (χ0) is 16.9. The Kier molecular flexibility index (Phi) is 4.65. The van der Waals surface area contributed by atoms with E-state index in [-0.39, 0.29) is 5.91 Å². The second-order valence-electron chi connectivity index (χ2n) is 5.54. The van der Waals surface area contributed by atoms with Gasteiger partial charge in [0.05, 0.1) is 0 Å². The molecule has 2 heterocycles. The second-order valence-corrected chi connectivity index (χ2v) is 5.54. The van der Waals surface area contributed by atoms with Gasteiger partial charge in [-0.3, -0.25) is 9.78 Å². The standard InChI is InChI=1S/C18H18N4O2/c1-13-20-21-17(24-13)15-3-5-16(6-4-15)18(23)22(2)12-9-14-7-10-19-11-8-14/h3-8,10-11H,9,12H2,1-2H3. The minimum absolute atomic E-state index is 0.0164. The van der Waals surface area contributed by atoms with Crippen LogP contribution < -0.4 is 0 Å². The Morgan fingerprint density at radius 2 is 1.79 bits per heavy atom. The number of hydrogen-bond donors (Lipinski definition) is 0. The van der Waals surface area contributed by atoms with Crippen LogP contribution in [0.15, 0.2) is 53.2 Å². The van der Waals surface area contributed by atoms with Crippen LogP contribution in [0.25, 0.3) is 11.5 Å². The van der Waals surface area contributed by atoms with Crippen LogP contribution in [0.5, 0.6) is 0 Å². The first kappa shape index (κ1) is 15.9. The molecule has 0 spiro atoms. The number of likely N-dealkylation sites (N-methyl/N-ethyl adjacent to an activating group) is 1. The van der Waals surface area contributed by atoms with Crippen molar-refractivity contribution in [2.45, 2.75) is 13.3 Å². The fourth-order valence-electron chi connectivity index (χ4n) is 2.34. The lowest BCUT2D eigenvalue weighted by atomic mass is 10.1. The Labute approximate surface area is 140 Å². The van der Waals surface area contributed by atoms with Gasteiger partial charge in [0.15, 0.2) is 0 Å². The summed E-state index contributed by atoms with van der Waals surface area (Å²) in [5.41, 5.74) is 2.59. The molecule has 0 aliphatic rings. The van der Waals surface area contributed by atoms with Crippen molar-refractivity contribution in [3.8, 4) is 11.5 Å². The minimum atomic E-state index is -0.0164. The van der Waals surface area contributed by atoms with Crippen LogP contribution in [0.1, 0.15) is 21.8 Å². The van der Waals surface area contributed by atoms with Gasteiger partial charge in [0.2, 0.25) is 11.8 Å². The maximum Gasteiger partial charge on any atom is 0.253 e. The van der Waals surface area contributed by atoms with Gasteiger partial charge in [-0.15, -0.1) is 10.2 Å². The Morgan fingerprint density at radius 1 is 1.08 bits per heavy atom. The summed E-state index contributed by atoms with van der Waals surface area (Å²) in [4.78, 5) is 18.2. The summed E-state index contributed by atoms with van der Waals surface area (Å²) >= 11 is 0. The molecule has 0 aliphatic heterocycles. The highest BCUT2D eigenvalue weighted by Gasteiger charge is 2.13. The van der Waals surface area contributed by atoms with Crippen LogP contribution in [-0.4, -0.2) is 39.6 Å². The van der Waals surface area contributed by atoms with E-state index < -0.39 is 0 Å². The van der Waals surface area contributed by atoms with Crippen molar-refractivity contribution in [1.29, 1.82) is 0 Å². The average molecular weight is 322 g/mol. The first-order valence-corrected chi connectivity index (χ1v) is 7.68. The van der Waals surface area contributed by atoms with Gasteiger partial charge in [0, 0.05) is 44.0 Å². The van der Waals surface area contributed by atoms with E-state index in [2.05, 4.69) is 15.2 Å². The summed E-state index contributed by atoms with van der Waals surface area (Å²) in [7, 11) is 1.80. The molecule has 3 rings (SSSR count). The van der Waals surface area contributed by atoms with Crippen molar-refractivity contribution in [3.05, 3.63) is 65.8 Å². The van der Waals surface area contributed by atoms with E-state index in [1.54, 1.807) is 43.4 Å². The largest absolute Gasteiger partial charge is 0.421 e. The number of rotatable bonds is 5. The van der Waals surface area contributed by atoms with Gasteiger partial charge in [-0.1, -0.05) is 0 Å². The van der Waals surface area contributed by atoms with Crippen molar-refractivity contribution in [1.82, 2.24) is 20.1 Å². The van der Waals surface area contributed by atoms with Gasteiger partial charge in [-0.25, -0.2) is 0 Å². The highest BCUT2D eigenvalue weighted by molar-refractivity contribution is 5.94. The van der Waals surface area contributed by atoms with Crippen LogP contribution in [0, 0.1) is 6.92 Å². The zero-order valence-corrected chi connectivity index (χ0v) is 13.6. The lowest BCUT2D eigenvalue weighted by Gasteiger charge is -2.17. The average Bonchev–Trinajstić information content (AvgIpc) is 3.06. The van der Waals surface area contributed by atoms with Crippen molar-refractivity contribution in [2.75, 3.05) is 13.6 Å². The predicted molar refractivity (Wildman–Crippen MR) is 89.4 cm³/mol. The van der Waals surface area contributed by atoms with E-state index in [4.69, 9.17) is 4.42 Å². The molecule has 1 aromatic carbocycles. The predicted octanol–water partition coefficient (Wildman–Crippen LogP) is 2.75. The molecule has 0 fully saturated rings. The quantitative estimate of drug-likeness (QED) is 0.722. The fourth-order valence-corrected chi connectivity index (χ4v) is 2.34. The topological polar surface area (TPSA) is 72.1 Å². The third kappa shape index (κ3) is 3.65. The molecule has 0 saturated heterocycles. The number of benzene rings is 1. The smallest absolute Gasteiger partial charge is 0.253 e. The number of aryl methyl sites for hydroxylation is 1. The van der Waals surface area contributed by atoms with E-state index in [1.807, 2.05) is 24.3 Å². The van der Waals surface area contributed by atoms with Crippen molar-refractivity contribution >= 4 is 5.91 Å². The van der Waals surface area contributed by atoms with E-state index >= 15 is 0 Å². The van der Waals surface area contributed by atoms with Gasteiger partial charge in [0.25, 0.3) is 5.91 Å². The molecule has 3 aromatic rings. The van der Waals surface area contributed by atoms with Crippen LogP contribution in [0.4, 0.5) is 0 Å². The van der Waals surface area contributed by atoms with Crippen LogP contribution >= 0.6 is 0 Å². The van der Waals surface area contributed by atoms with E-state index in [1.165, 1.54) is 0 Å². The molecule has 0 atom stereocenters. The van der Waals surface area contributed by atoms with Gasteiger partial charge in [-0.2, -0.15) is 0 Å². The Bertz CT molecular complexity index is 813. The van der Waals surface area contributed by atoms with Crippen LogP contribution in [0.3, 0.4) is 0 Å². The number of pyridine rings is 1. The van der Waals surface area contributed by atoms with Gasteiger partial charge >= 0.3 is 0 Å². The molecule has 2 aromatic heterocycles. The summed E-state index contributed by atoms with van der Waals surface area (Å²) in [6.07, 6.45) is 4.31. The molecule has 0 radical (unpaired) electrons. The monoisotopic (exact) mass is 322 g/mol. The summed E-state index contributed by atoms with van der Waals surface area (Å²) < 4.78 is 5.38. The summed E-state index contributed by atoms with van der Waals surface area (Å²) in [6.45, 7) is 2.39. The van der Waals surface area contributed by atoms with Crippen LogP contribution in [-0.2, 0) is 6.42 Å². The van der Waals surface area contributed by atoms with Crippen LogP contribution in [0.2, 0.25) is 0 Å². The van der Waals surface area contributed by atoms with Crippen molar-refractivity contribution in [2.24, 2.45) is 0 Å². The molecule has 24 heavy (non-hydrogen) atoms. The highest BCUT2D eigenvalue weighted by atomic mass is 16.4. The molecule has 0 saturated carbocycles. The SMILES string of the molecule is Cc1nnc(-c2ccc(C(=O)N(C)CCc3ccncc3)cc2)o1. The van der Waals surface area contributed by atoms with E-state index in [0.29, 0.717) is 23.9 Å². The minimum Gasteiger partial charge on any atom is -0.421 e. The molecule has 0 unspecified atom stereocenters. The number of hydrogen-bond acceptors (Lipinski definition) is 5. The molecule has 0 N–H and O–H groups in total. The van der Waals surface area contributed by atoms with Crippen molar-refractivity contribution in [3.63, 3.8) is 0 Å². The van der Waals surface area contributed by atoms with Gasteiger partial charge in [-0.05, 0) is 48.4 Å². The summed E-state index contributed by atoms with van der Waals surface area (Å²) in [6, 6.07) is 11.1. The molecule has 0 bridgehead atoms. The molecule has 0 aliphatic carbocycles. The number of amides is 1. The molecule has 6 nitrogen and oxygen atoms in total. The Morgan fingerprint density at radius 3 is 2.42 bits per heavy atom. The van der Waals surface area contributed by atoms with Crippen molar-refractivity contribution < 1.29 is 9.21 Å². The molecular formula is C18H18N4O2. The summed E-state index contributed by atoms with van der Waals surface area (Å²) in [5.74, 6) is 0.954. The second kappa shape index (κ2) is 7.04. The maximum atomic E-state index is 12.5. The summed E-state index contributed by atoms with van der Waals surface area (Å²) in [5, 5.41) is 7.78. The number of carbonyl (C=O) groups excluding carboxylic acids is 1. The number of nitrogens with zero attached hydrogens (tertiary/aromatic N) is 4. The third-order valence-electron chi connectivity index (χ3n) is 3.74. The normalized spacial score (nSPS) is 10.6. The highest BCUT2D eigenvalue weighted by Crippen LogP contribution is 2.18. The maximum absolute atomic E-state index is 12.5. The molecular weight excluding hydrogens is 304 g/mol. The number of carbonyl (C=O) groups is 1. The first-order chi connectivity index (χ1) is 11.6. The van der Waals surface area contributed by atoms with Gasteiger partial charge in [0.1, 0.15) is 0 Å². The number of aromatic nitrogens is 3. The molecule has 122 valence electrons. The van der Waals surface area contributed by atoms with Gasteiger partial charge < -0.3 is 9.32 Å². The van der Waals surface area contributed by atoms with E-state index in [9.17, 15) is 4.79 Å². The lowest BCUT2D eigenvalue weighted by molar-refractivity contribution is 0.0796. The van der Waals surface area contributed by atoms with E-state index in [0.717, 1.165) is 17.5 Å². The zero-order valence-electron chi connectivity index (χ0n) is 13.6. The molecule has 6 heteroatoms.